The van der Waals surface area contributed by atoms with Crippen LogP contribution < -0.4 is 20.9 Å². The molecule has 4 rings (SSSR count). The van der Waals surface area contributed by atoms with Crippen molar-refractivity contribution < 1.29 is 9.47 Å². The first-order valence-electron chi connectivity index (χ1n) is 9.54. The monoisotopic (exact) mass is 682 g/mol. The van der Waals surface area contributed by atoms with E-state index in [4.69, 9.17) is 20.9 Å². The van der Waals surface area contributed by atoms with Crippen LogP contribution in [-0.4, -0.2) is 10.6 Å². The Labute approximate surface area is 220 Å². The molecule has 1 unspecified atom stereocenters. The Bertz CT molecular complexity index is 1160. The predicted molar refractivity (Wildman–Crippen MR) is 145 cm³/mol. The summed E-state index contributed by atoms with van der Waals surface area (Å²) in [5, 5.41) is 0. The Hall–Kier alpha value is -1.74. The van der Waals surface area contributed by atoms with E-state index in [0.29, 0.717) is 27.4 Å². The molecule has 0 spiro atoms. The van der Waals surface area contributed by atoms with Gasteiger partial charge < -0.3 is 20.9 Å². The zero-order valence-electron chi connectivity index (χ0n) is 16.6. The van der Waals surface area contributed by atoms with E-state index in [-0.39, 0.29) is 4.83 Å². The van der Waals surface area contributed by atoms with Crippen LogP contribution in [0.15, 0.2) is 92.3 Å². The van der Waals surface area contributed by atoms with Gasteiger partial charge in [0.05, 0.1) is 4.48 Å². The Balaban J connectivity index is 1.78. The molecule has 1 aliphatic carbocycles. The maximum Gasteiger partial charge on any atom is 0.300 e. The standard InChI is InChI=1S/C24H18Br4N2O2/c25-16-7-14(8-17(26)11-16)15-9-22(27)24(23(28)10-15,31-20-5-1-3-18(29)12-20)32-21-6-2-4-19(30)13-21/h1-13,22H,29-30H2. The minimum absolute atomic E-state index is 0.356. The highest BCUT2D eigenvalue weighted by Crippen LogP contribution is 2.44. The van der Waals surface area contributed by atoms with Gasteiger partial charge in [0.15, 0.2) is 0 Å². The van der Waals surface area contributed by atoms with Crippen LogP contribution in [0.25, 0.3) is 5.57 Å². The van der Waals surface area contributed by atoms with Gasteiger partial charge in [0.1, 0.15) is 16.3 Å². The predicted octanol–water partition coefficient (Wildman–Crippen LogP) is 7.67. The van der Waals surface area contributed by atoms with Crippen LogP contribution in [0.3, 0.4) is 0 Å². The average molecular weight is 686 g/mol. The van der Waals surface area contributed by atoms with Gasteiger partial charge in [-0.25, -0.2) is 0 Å². The van der Waals surface area contributed by atoms with Crippen LogP contribution >= 0.6 is 63.7 Å². The third-order valence-corrected chi connectivity index (χ3v) is 7.32. The molecule has 4 N–H and O–H groups in total. The van der Waals surface area contributed by atoms with Gasteiger partial charge in [0.25, 0.3) is 0 Å². The largest absolute Gasteiger partial charge is 0.446 e. The fourth-order valence-corrected chi connectivity index (χ4v) is 6.30. The quantitative estimate of drug-likeness (QED) is 0.164. The van der Waals surface area contributed by atoms with Crippen LogP contribution in [0.2, 0.25) is 0 Å². The number of alkyl halides is 1. The minimum atomic E-state index is -1.23. The summed E-state index contributed by atoms with van der Waals surface area (Å²) in [6.45, 7) is 0. The highest BCUT2D eigenvalue weighted by molar-refractivity contribution is 9.12. The maximum absolute atomic E-state index is 6.46. The van der Waals surface area contributed by atoms with E-state index in [1.807, 2.05) is 36.4 Å². The molecule has 0 saturated heterocycles. The molecule has 1 aliphatic rings. The fourth-order valence-electron chi connectivity index (χ4n) is 3.32. The Kier molecular flexibility index (Phi) is 7.05. The molecule has 8 heteroatoms. The second-order valence-electron chi connectivity index (χ2n) is 7.19. The topological polar surface area (TPSA) is 70.5 Å². The molecular weight excluding hydrogens is 668 g/mol. The van der Waals surface area contributed by atoms with Crippen molar-refractivity contribution in [1.82, 2.24) is 0 Å². The summed E-state index contributed by atoms with van der Waals surface area (Å²) in [6, 6.07) is 20.6. The van der Waals surface area contributed by atoms with E-state index >= 15 is 0 Å². The number of nitrogen functional groups attached to an aromatic ring is 2. The number of hydrogen-bond donors (Lipinski definition) is 2. The zero-order valence-corrected chi connectivity index (χ0v) is 22.9. The van der Waals surface area contributed by atoms with Gasteiger partial charge in [-0.3, -0.25) is 0 Å². The summed E-state index contributed by atoms with van der Waals surface area (Å²) in [7, 11) is 0. The van der Waals surface area contributed by atoms with Crippen molar-refractivity contribution in [2.45, 2.75) is 10.6 Å². The van der Waals surface area contributed by atoms with E-state index in [0.717, 1.165) is 20.1 Å². The summed E-state index contributed by atoms with van der Waals surface area (Å²) in [6.07, 6.45) is 4.04. The average Bonchev–Trinajstić information content (AvgIpc) is 2.71. The first-order chi connectivity index (χ1) is 15.2. The highest BCUT2D eigenvalue weighted by Gasteiger charge is 2.47. The van der Waals surface area contributed by atoms with Crippen molar-refractivity contribution in [3.05, 3.63) is 97.9 Å². The lowest BCUT2D eigenvalue weighted by Crippen LogP contribution is -2.51. The molecule has 0 amide bonds. The van der Waals surface area contributed by atoms with Crippen LogP contribution in [0.1, 0.15) is 5.56 Å². The molecule has 3 aromatic rings. The number of anilines is 2. The van der Waals surface area contributed by atoms with Crippen LogP contribution in [0.4, 0.5) is 11.4 Å². The Morgan fingerprint density at radius 1 is 0.750 bits per heavy atom. The van der Waals surface area contributed by atoms with Crippen LogP contribution in [0, 0.1) is 0 Å². The van der Waals surface area contributed by atoms with Crippen molar-refractivity contribution >= 4 is 80.7 Å². The number of rotatable bonds is 5. The van der Waals surface area contributed by atoms with E-state index in [2.05, 4.69) is 81.9 Å². The summed E-state index contributed by atoms with van der Waals surface area (Å²) in [4.78, 5) is -0.356. The number of hydrogen-bond acceptors (Lipinski definition) is 4. The van der Waals surface area contributed by atoms with Gasteiger partial charge in [-0.2, -0.15) is 0 Å². The third kappa shape index (κ3) is 5.09. The molecule has 32 heavy (non-hydrogen) atoms. The van der Waals surface area contributed by atoms with Crippen molar-refractivity contribution in [3.8, 4) is 11.5 Å². The second kappa shape index (κ2) is 9.63. The molecule has 1 atom stereocenters. The first kappa shape index (κ1) is 23.4. The number of nitrogens with two attached hydrogens (primary N) is 2. The summed E-state index contributed by atoms with van der Waals surface area (Å²) >= 11 is 14.6. The van der Waals surface area contributed by atoms with Gasteiger partial charge in [-0.15, -0.1) is 0 Å². The SMILES string of the molecule is Nc1cccc(OC2(Oc3cccc(N)c3)C(Br)=CC(c3cc(Br)cc(Br)c3)=CC2Br)c1. The number of allylic oxidation sites excluding steroid dienone is 2. The smallest absolute Gasteiger partial charge is 0.300 e. The normalized spacial score (nSPS) is 17.3. The van der Waals surface area contributed by atoms with Crippen molar-refractivity contribution in [1.29, 1.82) is 0 Å². The van der Waals surface area contributed by atoms with Crippen LogP contribution in [-0.2, 0) is 0 Å². The molecule has 3 aromatic carbocycles. The summed E-state index contributed by atoms with van der Waals surface area (Å²) in [5.41, 5.74) is 15.2. The molecule has 0 bridgehead atoms. The minimum Gasteiger partial charge on any atom is -0.446 e. The maximum atomic E-state index is 6.46. The molecule has 164 valence electrons. The molecule has 0 saturated carbocycles. The van der Waals surface area contributed by atoms with Crippen molar-refractivity contribution in [3.63, 3.8) is 0 Å². The first-order valence-corrected chi connectivity index (χ1v) is 12.8. The lowest BCUT2D eigenvalue weighted by Gasteiger charge is -2.39. The van der Waals surface area contributed by atoms with Gasteiger partial charge in [0.2, 0.25) is 0 Å². The molecule has 0 radical (unpaired) electrons. The van der Waals surface area contributed by atoms with Gasteiger partial charge in [-0.1, -0.05) is 66.0 Å². The molecule has 0 heterocycles. The van der Waals surface area contributed by atoms with Gasteiger partial charge >= 0.3 is 5.79 Å². The Morgan fingerprint density at radius 2 is 1.28 bits per heavy atom. The highest BCUT2D eigenvalue weighted by atomic mass is 79.9. The van der Waals surface area contributed by atoms with E-state index in [1.165, 1.54) is 0 Å². The van der Waals surface area contributed by atoms with E-state index in [9.17, 15) is 0 Å². The van der Waals surface area contributed by atoms with Crippen molar-refractivity contribution in [2.24, 2.45) is 0 Å². The number of halogens is 4. The molecule has 4 nitrogen and oxygen atoms in total. The number of ether oxygens (including phenoxy) is 2. The lowest BCUT2D eigenvalue weighted by molar-refractivity contribution is -0.0653. The third-order valence-electron chi connectivity index (χ3n) is 4.76. The molecular formula is C24H18Br4N2O2. The van der Waals surface area contributed by atoms with E-state index in [1.54, 1.807) is 24.3 Å². The van der Waals surface area contributed by atoms with Crippen molar-refractivity contribution in [2.75, 3.05) is 11.5 Å². The molecule has 0 aromatic heterocycles. The Morgan fingerprint density at radius 3 is 1.75 bits per heavy atom. The molecule has 0 aliphatic heterocycles. The van der Waals surface area contributed by atoms with Gasteiger partial charge in [-0.05, 0) is 75.6 Å². The summed E-state index contributed by atoms with van der Waals surface area (Å²) < 4.78 is 15.6. The summed E-state index contributed by atoms with van der Waals surface area (Å²) in [5.74, 6) is -0.0783. The second-order valence-corrected chi connectivity index (χ2v) is 10.9. The lowest BCUT2D eigenvalue weighted by atomic mass is 9.96. The number of benzene rings is 3. The van der Waals surface area contributed by atoms with Crippen LogP contribution in [0.5, 0.6) is 11.5 Å². The fraction of sp³-hybridized carbons (Fsp3) is 0.0833. The van der Waals surface area contributed by atoms with Gasteiger partial charge in [0, 0.05) is 32.5 Å². The molecule has 0 fully saturated rings. The zero-order chi connectivity index (χ0) is 22.9. The van der Waals surface area contributed by atoms with E-state index < -0.39 is 5.79 Å².